The van der Waals surface area contributed by atoms with Crippen LogP contribution in [0, 0.1) is 20.8 Å². The van der Waals surface area contributed by atoms with E-state index in [0.717, 1.165) is 15.8 Å². The number of anilines is 1. The van der Waals surface area contributed by atoms with E-state index in [1.54, 1.807) is 0 Å². The molecule has 0 spiro atoms. The summed E-state index contributed by atoms with van der Waals surface area (Å²) in [4.78, 5) is 16.8. The predicted octanol–water partition coefficient (Wildman–Crippen LogP) is 4.47. The van der Waals surface area contributed by atoms with E-state index in [1.807, 2.05) is 37.3 Å². The van der Waals surface area contributed by atoms with Gasteiger partial charge in [-0.2, -0.15) is 0 Å². The summed E-state index contributed by atoms with van der Waals surface area (Å²) < 4.78 is 1.13. The molecule has 4 heteroatoms. The number of aryl methyl sites for hydroxylation is 3. The molecule has 0 aliphatic heterocycles. The van der Waals surface area contributed by atoms with Crippen LogP contribution in [0.1, 0.15) is 27.0 Å². The molecule has 3 aromatic rings. The van der Waals surface area contributed by atoms with Gasteiger partial charge >= 0.3 is 0 Å². The SMILES string of the molecule is Cc1cc(C)c2sc(NC(=O)c3ccccc3C)nc2c1. The number of nitrogens with one attached hydrogen (secondary N) is 1. The average Bonchev–Trinajstić information content (AvgIpc) is 2.81. The summed E-state index contributed by atoms with van der Waals surface area (Å²) in [5.41, 5.74) is 4.96. The number of benzene rings is 2. The molecule has 1 aromatic heterocycles. The molecule has 3 rings (SSSR count). The number of thiazole rings is 1. The Balaban J connectivity index is 1.94. The minimum atomic E-state index is -0.110. The van der Waals surface area contributed by atoms with Gasteiger partial charge in [0.15, 0.2) is 5.13 Å². The number of carbonyl (C=O) groups excluding carboxylic acids is 1. The number of fused-ring (bicyclic) bond motifs is 1. The van der Waals surface area contributed by atoms with Crippen molar-refractivity contribution in [1.29, 1.82) is 0 Å². The van der Waals surface area contributed by atoms with Gasteiger partial charge in [0.25, 0.3) is 5.91 Å². The Morgan fingerprint density at radius 2 is 1.86 bits per heavy atom. The van der Waals surface area contributed by atoms with Crippen LogP contribution in [0.25, 0.3) is 10.2 Å². The Kier molecular flexibility index (Phi) is 3.47. The fraction of sp³-hybridized carbons (Fsp3) is 0.176. The quantitative estimate of drug-likeness (QED) is 0.758. The summed E-state index contributed by atoms with van der Waals surface area (Å²) in [6, 6.07) is 11.7. The maximum atomic E-state index is 12.3. The average molecular weight is 296 g/mol. The minimum absolute atomic E-state index is 0.110. The molecule has 0 radical (unpaired) electrons. The Morgan fingerprint density at radius 3 is 2.62 bits per heavy atom. The normalized spacial score (nSPS) is 10.8. The lowest BCUT2D eigenvalue weighted by molar-refractivity contribution is 0.102. The highest BCUT2D eigenvalue weighted by Gasteiger charge is 2.12. The van der Waals surface area contributed by atoms with E-state index in [1.165, 1.54) is 22.5 Å². The first-order chi connectivity index (χ1) is 10.0. The van der Waals surface area contributed by atoms with E-state index in [2.05, 4.69) is 30.2 Å². The number of carbonyl (C=O) groups is 1. The van der Waals surface area contributed by atoms with Crippen LogP contribution < -0.4 is 5.32 Å². The summed E-state index contributed by atoms with van der Waals surface area (Å²) in [6.45, 7) is 6.05. The van der Waals surface area contributed by atoms with Crippen molar-refractivity contribution >= 4 is 32.6 Å². The van der Waals surface area contributed by atoms with Gasteiger partial charge in [0.2, 0.25) is 0 Å². The van der Waals surface area contributed by atoms with Crippen molar-refractivity contribution in [2.75, 3.05) is 5.32 Å². The lowest BCUT2D eigenvalue weighted by Gasteiger charge is -2.04. The van der Waals surface area contributed by atoms with Gasteiger partial charge in [-0.3, -0.25) is 10.1 Å². The highest BCUT2D eigenvalue weighted by molar-refractivity contribution is 7.22. The number of hydrogen-bond donors (Lipinski definition) is 1. The summed E-state index contributed by atoms with van der Waals surface area (Å²) in [5, 5.41) is 3.55. The molecule has 0 atom stereocenters. The largest absolute Gasteiger partial charge is 0.298 e. The van der Waals surface area contributed by atoms with Crippen molar-refractivity contribution in [2.45, 2.75) is 20.8 Å². The fourth-order valence-corrected chi connectivity index (χ4v) is 3.33. The van der Waals surface area contributed by atoms with E-state index in [9.17, 15) is 4.79 Å². The minimum Gasteiger partial charge on any atom is -0.298 e. The lowest BCUT2D eigenvalue weighted by Crippen LogP contribution is -2.12. The molecule has 0 fully saturated rings. The van der Waals surface area contributed by atoms with Crippen molar-refractivity contribution in [1.82, 2.24) is 4.98 Å². The standard InChI is InChI=1S/C17H16N2OS/c1-10-8-12(3)15-14(9-10)18-17(21-15)19-16(20)13-7-5-4-6-11(13)2/h4-9H,1-3H3,(H,18,19,20). The van der Waals surface area contributed by atoms with Crippen LogP contribution in [-0.2, 0) is 0 Å². The molecule has 0 aliphatic rings. The topological polar surface area (TPSA) is 42.0 Å². The fourth-order valence-electron chi connectivity index (χ4n) is 2.42. The molecular weight excluding hydrogens is 280 g/mol. The summed E-state index contributed by atoms with van der Waals surface area (Å²) in [7, 11) is 0. The number of hydrogen-bond acceptors (Lipinski definition) is 3. The Hall–Kier alpha value is -2.20. The molecule has 2 aromatic carbocycles. The van der Waals surface area contributed by atoms with Gasteiger partial charge in [0, 0.05) is 5.56 Å². The molecule has 0 aliphatic carbocycles. The van der Waals surface area contributed by atoms with Crippen LogP contribution in [0.5, 0.6) is 0 Å². The van der Waals surface area contributed by atoms with E-state index >= 15 is 0 Å². The zero-order valence-electron chi connectivity index (χ0n) is 12.2. The second kappa shape index (κ2) is 5.30. The van der Waals surface area contributed by atoms with Crippen molar-refractivity contribution in [3.05, 3.63) is 58.7 Å². The predicted molar refractivity (Wildman–Crippen MR) is 88.2 cm³/mol. The third kappa shape index (κ3) is 2.67. The maximum absolute atomic E-state index is 12.3. The van der Waals surface area contributed by atoms with Gasteiger partial charge in [0.05, 0.1) is 10.2 Å². The smallest absolute Gasteiger partial charge is 0.257 e. The van der Waals surface area contributed by atoms with E-state index in [0.29, 0.717) is 10.7 Å². The first-order valence-corrected chi connectivity index (χ1v) is 7.61. The number of aromatic nitrogens is 1. The van der Waals surface area contributed by atoms with Crippen molar-refractivity contribution < 1.29 is 4.79 Å². The lowest BCUT2D eigenvalue weighted by atomic mass is 10.1. The maximum Gasteiger partial charge on any atom is 0.257 e. The van der Waals surface area contributed by atoms with Crippen LogP contribution in [0.2, 0.25) is 0 Å². The molecule has 0 bridgehead atoms. The molecule has 1 N–H and O–H groups in total. The second-order valence-electron chi connectivity index (χ2n) is 5.22. The molecule has 0 unspecified atom stereocenters. The van der Waals surface area contributed by atoms with Crippen LogP contribution in [0.15, 0.2) is 36.4 Å². The van der Waals surface area contributed by atoms with Crippen LogP contribution in [-0.4, -0.2) is 10.9 Å². The van der Waals surface area contributed by atoms with Crippen LogP contribution in [0.4, 0.5) is 5.13 Å². The van der Waals surface area contributed by atoms with Crippen molar-refractivity contribution in [3.63, 3.8) is 0 Å². The monoisotopic (exact) mass is 296 g/mol. The van der Waals surface area contributed by atoms with E-state index in [-0.39, 0.29) is 5.91 Å². The van der Waals surface area contributed by atoms with Crippen molar-refractivity contribution in [3.8, 4) is 0 Å². The zero-order chi connectivity index (χ0) is 15.0. The molecule has 0 saturated carbocycles. The molecule has 1 heterocycles. The molecule has 106 valence electrons. The highest BCUT2D eigenvalue weighted by Crippen LogP contribution is 2.30. The first kappa shape index (κ1) is 13.8. The number of amides is 1. The van der Waals surface area contributed by atoms with Gasteiger partial charge in [-0.1, -0.05) is 35.6 Å². The first-order valence-electron chi connectivity index (χ1n) is 6.79. The zero-order valence-corrected chi connectivity index (χ0v) is 13.0. The van der Waals surface area contributed by atoms with Crippen LogP contribution in [0.3, 0.4) is 0 Å². The van der Waals surface area contributed by atoms with E-state index < -0.39 is 0 Å². The Bertz CT molecular complexity index is 836. The second-order valence-corrected chi connectivity index (χ2v) is 6.22. The van der Waals surface area contributed by atoms with Gasteiger partial charge in [-0.05, 0) is 49.6 Å². The molecule has 1 amide bonds. The summed E-state index contributed by atoms with van der Waals surface area (Å²) in [6.07, 6.45) is 0. The molecular formula is C17H16N2OS. The van der Waals surface area contributed by atoms with Gasteiger partial charge in [-0.25, -0.2) is 4.98 Å². The molecule has 21 heavy (non-hydrogen) atoms. The highest BCUT2D eigenvalue weighted by atomic mass is 32.1. The van der Waals surface area contributed by atoms with Gasteiger partial charge < -0.3 is 0 Å². The molecule has 3 nitrogen and oxygen atoms in total. The van der Waals surface area contributed by atoms with Gasteiger partial charge in [0.1, 0.15) is 0 Å². The Morgan fingerprint density at radius 1 is 1.10 bits per heavy atom. The summed E-state index contributed by atoms with van der Waals surface area (Å²) >= 11 is 1.52. The number of rotatable bonds is 2. The Labute approximate surface area is 127 Å². The van der Waals surface area contributed by atoms with Crippen LogP contribution >= 0.6 is 11.3 Å². The molecule has 0 saturated heterocycles. The van der Waals surface area contributed by atoms with Gasteiger partial charge in [-0.15, -0.1) is 0 Å². The third-order valence-electron chi connectivity index (χ3n) is 3.43. The number of nitrogens with zero attached hydrogens (tertiary/aromatic N) is 1. The third-order valence-corrected chi connectivity index (χ3v) is 4.55. The van der Waals surface area contributed by atoms with E-state index in [4.69, 9.17) is 0 Å². The summed E-state index contributed by atoms with van der Waals surface area (Å²) in [5.74, 6) is -0.110. The van der Waals surface area contributed by atoms with Crippen molar-refractivity contribution in [2.24, 2.45) is 0 Å².